The number of nitrogens with one attached hydrogen (secondary N) is 1. The van der Waals surface area contributed by atoms with Crippen molar-refractivity contribution >= 4 is 41.0 Å². The summed E-state index contributed by atoms with van der Waals surface area (Å²) in [4.78, 5) is 21.9. The topological polar surface area (TPSA) is 105 Å². The average Bonchev–Trinajstić information content (AvgIpc) is 2.51. The van der Waals surface area contributed by atoms with Gasteiger partial charge in [0, 0.05) is 17.2 Å². The summed E-state index contributed by atoms with van der Waals surface area (Å²) in [5, 5.41) is 24.1. The Morgan fingerprint density at radius 2 is 1.91 bits per heavy atom. The zero-order valence-electron chi connectivity index (χ0n) is 11.4. The molecule has 9 heteroatoms. The Morgan fingerprint density at radius 3 is 2.52 bits per heavy atom. The molecule has 0 saturated carbocycles. The summed E-state index contributed by atoms with van der Waals surface area (Å²) >= 11 is 11.5. The molecule has 0 aromatic heterocycles. The molecule has 7 nitrogen and oxygen atoms in total. The van der Waals surface area contributed by atoms with Gasteiger partial charge in [0.05, 0.1) is 21.7 Å². The van der Waals surface area contributed by atoms with Crippen molar-refractivity contribution in [3.05, 3.63) is 67.7 Å². The molecule has 1 amide bonds. The van der Waals surface area contributed by atoms with Crippen LogP contribution in [-0.2, 0) is 0 Å². The summed E-state index contributed by atoms with van der Waals surface area (Å²) in [5.41, 5.74) is 2.57. The van der Waals surface area contributed by atoms with Gasteiger partial charge < -0.3 is 5.11 Å². The zero-order chi connectivity index (χ0) is 17.0. The lowest BCUT2D eigenvalue weighted by Gasteiger charge is -2.05. The molecule has 0 fully saturated rings. The van der Waals surface area contributed by atoms with Crippen LogP contribution in [0.4, 0.5) is 5.69 Å². The fourth-order valence-corrected chi connectivity index (χ4v) is 2.14. The molecule has 0 heterocycles. The van der Waals surface area contributed by atoms with Crippen LogP contribution in [-0.4, -0.2) is 22.2 Å². The maximum Gasteiger partial charge on any atom is 0.275 e. The van der Waals surface area contributed by atoms with E-state index < -0.39 is 16.6 Å². The van der Waals surface area contributed by atoms with Crippen molar-refractivity contribution in [2.24, 2.45) is 5.10 Å². The number of aromatic hydroxyl groups is 1. The van der Waals surface area contributed by atoms with Gasteiger partial charge in [-0.05, 0) is 29.8 Å². The number of carbonyl (C=O) groups excluding carboxylic acids is 1. The molecule has 2 rings (SSSR count). The number of carbonyl (C=O) groups is 1. The molecule has 0 unspecified atom stereocenters. The zero-order valence-corrected chi connectivity index (χ0v) is 12.9. The molecular formula is C14H9Cl2N3O4. The summed E-state index contributed by atoms with van der Waals surface area (Å²) in [7, 11) is 0. The number of nitrogens with zero attached hydrogens (tertiary/aromatic N) is 2. The van der Waals surface area contributed by atoms with Gasteiger partial charge in [-0.2, -0.15) is 5.10 Å². The fraction of sp³-hybridized carbons (Fsp3) is 0. The van der Waals surface area contributed by atoms with E-state index in [1.807, 2.05) is 0 Å². The van der Waals surface area contributed by atoms with E-state index in [0.717, 1.165) is 0 Å². The molecule has 2 N–H and O–H groups in total. The van der Waals surface area contributed by atoms with Crippen LogP contribution in [0.15, 0.2) is 41.5 Å². The molecule has 0 bridgehead atoms. The van der Waals surface area contributed by atoms with Crippen molar-refractivity contribution in [1.82, 2.24) is 5.43 Å². The predicted molar refractivity (Wildman–Crippen MR) is 86.3 cm³/mol. The van der Waals surface area contributed by atoms with E-state index in [4.69, 9.17) is 23.2 Å². The smallest absolute Gasteiger partial charge is 0.275 e. The van der Waals surface area contributed by atoms with Crippen LogP contribution in [0.3, 0.4) is 0 Å². The number of phenols is 1. The lowest BCUT2D eigenvalue weighted by atomic mass is 10.2. The third-order valence-electron chi connectivity index (χ3n) is 2.76. The van der Waals surface area contributed by atoms with Crippen LogP contribution in [0.25, 0.3) is 0 Å². The van der Waals surface area contributed by atoms with E-state index in [9.17, 15) is 20.0 Å². The molecule has 0 aliphatic rings. The first-order valence-electron chi connectivity index (χ1n) is 6.14. The molecule has 0 aliphatic carbocycles. The Balaban J connectivity index is 2.08. The third-order valence-corrected chi connectivity index (χ3v) is 3.26. The first kappa shape index (κ1) is 16.7. The van der Waals surface area contributed by atoms with E-state index in [1.54, 1.807) is 0 Å². The number of nitro groups is 1. The van der Waals surface area contributed by atoms with Crippen LogP contribution in [0.5, 0.6) is 5.75 Å². The quantitative estimate of drug-likeness (QED) is 0.499. The maximum absolute atomic E-state index is 11.9. The van der Waals surface area contributed by atoms with E-state index in [0.29, 0.717) is 5.56 Å². The van der Waals surface area contributed by atoms with Crippen molar-refractivity contribution < 1.29 is 14.8 Å². The highest BCUT2D eigenvalue weighted by Crippen LogP contribution is 2.30. The number of rotatable bonds is 4. The molecule has 2 aromatic carbocycles. The number of phenolic OH excluding ortho intramolecular Hbond substituents is 1. The van der Waals surface area contributed by atoms with Gasteiger partial charge in [0.2, 0.25) is 0 Å². The van der Waals surface area contributed by atoms with Crippen molar-refractivity contribution in [2.45, 2.75) is 0 Å². The summed E-state index contributed by atoms with van der Waals surface area (Å²) in [6, 6.07) is 8.12. The van der Waals surface area contributed by atoms with Gasteiger partial charge >= 0.3 is 0 Å². The first-order chi connectivity index (χ1) is 10.9. The van der Waals surface area contributed by atoms with Crippen molar-refractivity contribution in [3.8, 4) is 5.75 Å². The van der Waals surface area contributed by atoms with Crippen LogP contribution < -0.4 is 5.43 Å². The van der Waals surface area contributed by atoms with Crippen LogP contribution in [0.1, 0.15) is 15.9 Å². The second-order valence-corrected chi connectivity index (χ2v) is 5.18. The Kier molecular flexibility index (Phi) is 5.15. The number of benzene rings is 2. The molecule has 2 aromatic rings. The van der Waals surface area contributed by atoms with Crippen molar-refractivity contribution in [2.75, 3.05) is 0 Å². The Morgan fingerprint density at radius 1 is 1.26 bits per heavy atom. The number of nitro benzene ring substituents is 1. The number of hydrogen-bond acceptors (Lipinski definition) is 5. The van der Waals surface area contributed by atoms with E-state index in [1.165, 1.54) is 42.6 Å². The highest BCUT2D eigenvalue weighted by molar-refractivity contribution is 6.36. The molecule has 0 radical (unpaired) electrons. The molecule has 0 aliphatic heterocycles. The van der Waals surface area contributed by atoms with Gasteiger partial charge in [0.1, 0.15) is 5.75 Å². The van der Waals surface area contributed by atoms with Gasteiger partial charge in [-0.25, -0.2) is 5.43 Å². The number of amides is 1. The number of hydrazone groups is 1. The second kappa shape index (κ2) is 7.08. The third kappa shape index (κ3) is 4.18. The molecule has 23 heavy (non-hydrogen) atoms. The molecule has 0 atom stereocenters. The molecular weight excluding hydrogens is 345 g/mol. The van der Waals surface area contributed by atoms with Gasteiger partial charge in [0.15, 0.2) is 0 Å². The van der Waals surface area contributed by atoms with Crippen LogP contribution >= 0.6 is 23.2 Å². The SMILES string of the molecule is O=C(NN=Cc1ccc([N+](=O)[O-])cc1)c1cc(Cl)cc(Cl)c1O. The maximum atomic E-state index is 11.9. The normalized spacial score (nSPS) is 10.7. The van der Waals surface area contributed by atoms with Gasteiger partial charge in [-0.15, -0.1) is 0 Å². The van der Waals surface area contributed by atoms with Gasteiger partial charge in [-0.3, -0.25) is 14.9 Å². The minimum Gasteiger partial charge on any atom is -0.506 e. The predicted octanol–water partition coefficient (Wildman–Crippen LogP) is 3.37. The number of hydrogen-bond donors (Lipinski definition) is 2. The molecule has 0 spiro atoms. The Labute approximate surface area is 140 Å². The molecule has 118 valence electrons. The number of non-ortho nitro benzene ring substituents is 1. The standard InChI is InChI=1S/C14H9Cl2N3O4/c15-9-5-11(13(20)12(16)6-9)14(21)18-17-7-8-1-3-10(4-2-8)19(22)23/h1-7,20H,(H,18,21). The minimum atomic E-state index is -0.704. The summed E-state index contributed by atoms with van der Waals surface area (Å²) in [6.45, 7) is 0. The average molecular weight is 354 g/mol. The van der Waals surface area contributed by atoms with Crippen LogP contribution in [0, 0.1) is 10.1 Å². The Bertz CT molecular complexity index is 791. The monoisotopic (exact) mass is 353 g/mol. The van der Waals surface area contributed by atoms with Crippen LogP contribution in [0.2, 0.25) is 10.0 Å². The fourth-order valence-electron chi connectivity index (χ4n) is 1.65. The van der Waals surface area contributed by atoms with Crippen molar-refractivity contribution in [3.63, 3.8) is 0 Å². The van der Waals surface area contributed by atoms with E-state index in [-0.39, 0.29) is 21.3 Å². The number of halogens is 2. The van der Waals surface area contributed by atoms with Gasteiger partial charge in [0.25, 0.3) is 11.6 Å². The largest absolute Gasteiger partial charge is 0.506 e. The highest BCUT2D eigenvalue weighted by Gasteiger charge is 2.14. The van der Waals surface area contributed by atoms with Crippen molar-refractivity contribution in [1.29, 1.82) is 0 Å². The van der Waals surface area contributed by atoms with Gasteiger partial charge in [-0.1, -0.05) is 23.2 Å². The minimum absolute atomic E-state index is 0.0512. The highest BCUT2D eigenvalue weighted by atomic mass is 35.5. The summed E-state index contributed by atoms with van der Waals surface area (Å²) in [5.74, 6) is -1.11. The lowest BCUT2D eigenvalue weighted by Crippen LogP contribution is -2.17. The van der Waals surface area contributed by atoms with E-state index >= 15 is 0 Å². The first-order valence-corrected chi connectivity index (χ1v) is 6.90. The lowest BCUT2D eigenvalue weighted by molar-refractivity contribution is -0.384. The molecule has 0 saturated heterocycles. The van der Waals surface area contributed by atoms with E-state index in [2.05, 4.69) is 10.5 Å². The summed E-state index contributed by atoms with van der Waals surface area (Å²) < 4.78 is 0. The Hall–Kier alpha value is -2.64. The second-order valence-electron chi connectivity index (χ2n) is 4.33. The summed E-state index contributed by atoms with van der Waals surface area (Å²) in [6.07, 6.45) is 1.30.